The van der Waals surface area contributed by atoms with Crippen molar-refractivity contribution in [2.75, 3.05) is 32.1 Å². The summed E-state index contributed by atoms with van der Waals surface area (Å²) >= 11 is 0. The van der Waals surface area contributed by atoms with Gasteiger partial charge in [-0.15, -0.1) is 0 Å². The number of nitrogens with zero attached hydrogens (tertiary/aromatic N) is 1. The van der Waals surface area contributed by atoms with Crippen LogP contribution >= 0.6 is 0 Å². The van der Waals surface area contributed by atoms with Crippen molar-refractivity contribution in [3.05, 3.63) is 29.8 Å². The molecule has 1 aromatic rings. The van der Waals surface area contributed by atoms with E-state index in [1.165, 1.54) is 7.11 Å². The Bertz CT molecular complexity index is 519. The average molecular weight is 306 g/mol. The maximum absolute atomic E-state index is 12.1. The molecule has 2 atom stereocenters. The van der Waals surface area contributed by atoms with Crippen LogP contribution in [0, 0.1) is 0 Å². The smallest absolute Gasteiger partial charge is 0.337 e. The summed E-state index contributed by atoms with van der Waals surface area (Å²) in [6.45, 7) is 5.84. The number of carbonyl (C=O) groups is 2. The van der Waals surface area contributed by atoms with Crippen molar-refractivity contribution >= 4 is 17.6 Å². The third-order valence-electron chi connectivity index (χ3n) is 3.45. The molecule has 1 amide bonds. The third kappa shape index (κ3) is 4.54. The molecule has 1 aromatic carbocycles. The first-order valence-corrected chi connectivity index (χ1v) is 7.34. The number of morpholine rings is 1. The SMILES string of the molecule is COC(=O)c1ccc(NC(=O)CN2C[C@H](C)O[C@@H](C)C2)cc1. The summed E-state index contributed by atoms with van der Waals surface area (Å²) in [5.41, 5.74) is 1.11. The highest BCUT2D eigenvalue weighted by Gasteiger charge is 2.23. The first kappa shape index (κ1) is 16.5. The van der Waals surface area contributed by atoms with E-state index < -0.39 is 5.97 Å². The second-order valence-electron chi connectivity index (χ2n) is 5.57. The van der Waals surface area contributed by atoms with Gasteiger partial charge in [0.05, 0.1) is 31.4 Å². The molecule has 6 nitrogen and oxygen atoms in total. The summed E-state index contributed by atoms with van der Waals surface area (Å²) in [4.78, 5) is 25.5. The van der Waals surface area contributed by atoms with Gasteiger partial charge in [-0.2, -0.15) is 0 Å². The Kier molecular flexibility index (Phi) is 5.51. The van der Waals surface area contributed by atoms with Gasteiger partial charge in [0.25, 0.3) is 0 Å². The molecule has 2 rings (SSSR count). The maximum Gasteiger partial charge on any atom is 0.337 e. The van der Waals surface area contributed by atoms with Crippen LogP contribution in [0.2, 0.25) is 0 Å². The van der Waals surface area contributed by atoms with Gasteiger partial charge in [0.2, 0.25) is 5.91 Å². The standard InChI is InChI=1S/C16H22N2O4/c1-11-8-18(9-12(2)22-11)10-15(19)17-14-6-4-13(5-7-14)16(20)21-3/h4-7,11-12H,8-10H2,1-3H3,(H,17,19)/t11-,12-/m0/s1. The third-order valence-corrected chi connectivity index (χ3v) is 3.45. The maximum atomic E-state index is 12.1. The van der Waals surface area contributed by atoms with Crippen molar-refractivity contribution in [3.63, 3.8) is 0 Å². The molecule has 0 unspecified atom stereocenters. The van der Waals surface area contributed by atoms with Crippen molar-refractivity contribution in [2.45, 2.75) is 26.1 Å². The van der Waals surface area contributed by atoms with E-state index in [1.807, 2.05) is 13.8 Å². The van der Waals surface area contributed by atoms with E-state index in [0.29, 0.717) is 17.8 Å². The van der Waals surface area contributed by atoms with E-state index in [2.05, 4.69) is 15.0 Å². The fourth-order valence-electron chi connectivity index (χ4n) is 2.62. The number of amides is 1. The number of methoxy groups -OCH3 is 1. The molecular formula is C16H22N2O4. The van der Waals surface area contributed by atoms with Crippen molar-refractivity contribution in [1.29, 1.82) is 0 Å². The molecule has 22 heavy (non-hydrogen) atoms. The summed E-state index contributed by atoms with van der Waals surface area (Å²) < 4.78 is 10.3. The number of ether oxygens (including phenoxy) is 2. The lowest BCUT2D eigenvalue weighted by molar-refractivity contribution is -0.121. The van der Waals surface area contributed by atoms with Crippen molar-refractivity contribution in [1.82, 2.24) is 4.90 Å². The van der Waals surface area contributed by atoms with E-state index in [0.717, 1.165) is 13.1 Å². The molecular weight excluding hydrogens is 284 g/mol. The minimum Gasteiger partial charge on any atom is -0.465 e. The van der Waals surface area contributed by atoms with Gasteiger partial charge in [-0.05, 0) is 38.1 Å². The Morgan fingerprint density at radius 1 is 1.23 bits per heavy atom. The second-order valence-corrected chi connectivity index (χ2v) is 5.57. The molecule has 1 N–H and O–H groups in total. The van der Waals surface area contributed by atoms with Crippen molar-refractivity contribution in [3.8, 4) is 0 Å². The zero-order valence-corrected chi connectivity index (χ0v) is 13.2. The van der Waals surface area contributed by atoms with Gasteiger partial charge in [0.15, 0.2) is 0 Å². The lowest BCUT2D eigenvalue weighted by Gasteiger charge is -2.34. The topological polar surface area (TPSA) is 67.9 Å². The van der Waals surface area contributed by atoms with Crippen LogP contribution in [0.25, 0.3) is 0 Å². The molecule has 1 fully saturated rings. The van der Waals surface area contributed by atoms with Crippen LogP contribution < -0.4 is 5.32 Å². The highest BCUT2D eigenvalue weighted by atomic mass is 16.5. The summed E-state index contributed by atoms with van der Waals surface area (Å²) in [6, 6.07) is 6.63. The number of benzene rings is 1. The minimum atomic E-state index is -0.394. The van der Waals surface area contributed by atoms with Gasteiger partial charge in [-0.25, -0.2) is 4.79 Å². The molecule has 0 spiro atoms. The van der Waals surface area contributed by atoms with Crippen LogP contribution in [0.15, 0.2) is 24.3 Å². The van der Waals surface area contributed by atoms with Gasteiger partial charge in [-0.3, -0.25) is 9.69 Å². The molecule has 0 aliphatic carbocycles. The normalized spacial score (nSPS) is 22.1. The number of anilines is 1. The van der Waals surface area contributed by atoms with Crippen LogP contribution in [0.1, 0.15) is 24.2 Å². The number of nitrogens with one attached hydrogen (secondary N) is 1. The summed E-state index contributed by atoms with van der Waals surface area (Å²) in [6.07, 6.45) is 0.270. The minimum absolute atomic E-state index is 0.0767. The lowest BCUT2D eigenvalue weighted by atomic mass is 10.2. The molecule has 0 aromatic heterocycles. The van der Waals surface area contributed by atoms with Crippen LogP contribution in [0.5, 0.6) is 0 Å². The fraction of sp³-hybridized carbons (Fsp3) is 0.500. The summed E-state index contributed by atoms with van der Waals surface area (Å²) in [7, 11) is 1.34. The molecule has 120 valence electrons. The molecule has 6 heteroatoms. The monoisotopic (exact) mass is 306 g/mol. The van der Waals surface area contributed by atoms with E-state index in [9.17, 15) is 9.59 Å². The highest BCUT2D eigenvalue weighted by molar-refractivity contribution is 5.93. The van der Waals surface area contributed by atoms with E-state index in [1.54, 1.807) is 24.3 Å². The van der Waals surface area contributed by atoms with Gasteiger partial charge in [-0.1, -0.05) is 0 Å². The average Bonchev–Trinajstić information content (AvgIpc) is 2.46. The molecule has 1 aliphatic rings. The molecule has 0 radical (unpaired) electrons. The Morgan fingerprint density at radius 3 is 2.36 bits per heavy atom. The van der Waals surface area contributed by atoms with E-state index in [-0.39, 0.29) is 18.1 Å². The van der Waals surface area contributed by atoms with Crippen LogP contribution in [0.3, 0.4) is 0 Å². The van der Waals surface area contributed by atoms with Crippen molar-refractivity contribution in [2.24, 2.45) is 0 Å². The predicted molar refractivity (Wildman–Crippen MR) is 82.9 cm³/mol. The highest BCUT2D eigenvalue weighted by Crippen LogP contribution is 2.12. The number of carbonyl (C=O) groups excluding carboxylic acids is 2. The Labute approximate surface area is 130 Å². The quantitative estimate of drug-likeness (QED) is 0.854. The first-order valence-electron chi connectivity index (χ1n) is 7.34. The second kappa shape index (κ2) is 7.38. The lowest BCUT2D eigenvalue weighted by Crippen LogP contribution is -2.48. The summed E-state index contributed by atoms with van der Waals surface area (Å²) in [5.74, 6) is -0.471. The molecule has 0 saturated carbocycles. The Morgan fingerprint density at radius 2 is 1.82 bits per heavy atom. The Hall–Kier alpha value is -1.92. The van der Waals surface area contributed by atoms with E-state index >= 15 is 0 Å². The molecule has 0 bridgehead atoms. The van der Waals surface area contributed by atoms with Gasteiger partial charge in [0, 0.05) is 18.8 Å². The zero-order valence-electron chi connectivity index (χ0n) is 13.2. The first-order chi connectivity index (χ1) is 10.5. The molecule has 1 heterocycles. The van der Waals surface area contributed by atoms with Crippen LogP contribution in [-0.4, -0.2) is 55.7 Å². The number of hydrogen-bond donors (Lipinski definition) is 1. The Balaban J connectivity index is 1.87. The van der Waals surface area contributed by atoms with Crippen LogP contribution in [0.4, 0.5) is 5.69 Å². The van der Waals surface area contributed by atoms with Gasteiger partial charge in [0.1, 0.15) is 0 Å². The number of hydrogen-bond acceptors (Lipinski definition) is 5. The molecule has 1 saturated heterocycles. The molecule has 1 aliphatic heterocycles. The number of rotatable bonds is 4. The fourth-order valence-corrected chi connectivity index (χ4v) is 2.62. The van der Waals surface area contributed by atoms with Crippen LogP contribution in [-0.2, 0) is 14.3 Å². The van der Waals surface area contributed by atoms with E-state index in [4.69, 9.17) is 4.74 Å². The van der Waals surface area contributed by atoms with Gasteiger partial charge >= 0.3 is 5.97 Å². The predicted octanol–water partition coefficient (Wildman–Crippen LogP) is 1.52. The van der Waals surface area contributed by atoms with Crippen molar-refractivity contribution < 1.29 is 19.1 Å². The number of esters is 1. The summed E-state index contributed by atoms with van der Waals surface area (Å²) in [5, 5.41) is 2.83. The zero-order chi connectivity index (χ0) is 16.1. The largest absolute Gasteiger partial charge is 0.465 e. The van der Waals surface area contributed by atoms with Gasteiger partial charge < -0.3 is 14.8 Å².